The Labute approximate surface area is 137 Å². The van der Waals surface area contributed by atoms with Crippen LogP contribution in [0.2, 0.25) is 5.02 Å². The molecule has 0 fully saturated rings. The molecule has 5 heteroatoms. The van der Waals surface area contributed by atoms with Gasteiger partial charge in [0.05, 0.1) is 0 Å². The van der Waals surface area contributed by atoms with Crippen LogP contribution in [0.25, 0.3) is 0 Å². The van der Waals surface area contributed by atoms with Crippen molar-refractivity contribution in [3.63, 3.8) is 0 Å². The molecule has 0 aromatic heterocycles. The molecule has 0 aliphatic heterocycles. The number of thiocarbonyl (C=S) groups is 1. The van der Waals surface area contributed by atoms with Crippen LogP contribution < -0.4 is 10.6 Å². The number of hydrogen-bond donors (Lipinski definition) is 2. The number of aryl methyl sites for hydroxylation is 1. The first-order valence-corrected chi connectivity index (χ1v) is 7.64. The number of benzene rings is 2. The Kier molecular flexibility index (Phi) is 5.02. The maximum Gasteiger partial charge on any atom is 0.175 e. The summed E-state index contributed by atoms with van der Waals surface area (Å²) < 4.78 is 1.05. The molecule has 2 N–H and O–H groups in total. The number of halogens is 2. The standard InChI is InChI=1S/C15H14BrClN2S/c1-9-8-11(16)6-7-13(9)18-15(20)19-14-5-3-4-12(17)10(14)2/h3-8H,1-2H3,(H2,18,19,20). The summed E-state index contributed by atoms with van der Waals surface area (Å²) >= 11 is 14.9. The Morgan fingerprint density at radius 3 is 2.50 bits per heavy atom. The van der Waals surface area contributed by atoms with Gasteiger partial charge in [-0.25, -0.2) is 0 Å². The largest absolute Gasteiger partial charge is 0.332 e. The Morgan fingerprint density at radius 2 is 1.80 bits per heavy atom. The van der Waals surface area contributed by atoms with E-state index < -0.39 is 0 Å². The first kappa shape index (κ1) is 15.3. The Balaban J connectivity index is 2.11. The minimum atomic E-state index is 0.542. The molecule has 0 heterocycles. The highest BCUT2D eigenvalue weighted by atomic mass is 79.9. The van der Waals surface area contributed by atoms with E-state index >= 15 is 0 Å². The summed E-state index contributed by atoms with van der Waals surface area (Å²) in [6.07, 6.45) is 0. The van der Waals surface area contributed by atoms with Crippen molar-refractivity contribution in [3.8, 4) is 0 Å². The van der Waals surface area contributed by atoms with E-state index in [9.17, 15) is 0 Å². The zero-order valence-electron chi connectivity index (χ0n) is 11.1. The maximum absolute atomic E-state index is 6.09. The van der Waals surface area contributed by atoms with Crippen molar-refractivity contribution in [2.45, 2.75) is 13.8 Å². The predicted octanol–water partition coefficient (Wildman–Crippen LogP) is 5.53. The summed E-state index contributed by atoms with van der Waals surface area (Å²) in [4.78, 5) is 0. The Bertz CT molecular complexity index is 658. The second-order valence-electron chi connectivity index (χ2n) is 4.45. The third kappa shape index (κ3) is 3.72. The Morgan fingerprint density at radius 1 is 1.10 bits per heavy atom. The molecule has 0 spiro atoms. The van der Waals surface area contributed by atoms with Crippen molar-refractivity contribution in [3.05, 3.63) is 57.0 Å². The zero-order valence-corrected chi connectivity index (χ0v) is 14.3. The normalized spacial score (nSPS) is 10.2. The molecule has 0 aliphatic rings. The van der Waals surface area contributed by atoms with Gasteiger partial charge in [-0.2, -0.15) is 0 Å². The lowest BCUT2D eigenvalue weighted by Gasteiger charge is -2.14. The molecule has 20 heavy (non-hydrogen) atoms. The van der Waals surface area contributed by atoms with Gasteiger partial charge in [0, 0.05) is 20.9 Å². The molecule has 0 amide bonds. The molecule has 0 atom stereocenters. The monoisotopic (exact) mass is 368 g/mol. The van der Waals surface area contributed by atoms with Crippen molar-refractivity contribution in [2.75, 3.05) is 10.6 Å². The van der Waals surface area contributed by atoms with Crippen LogP contribution in [-0.2, 0) is 0 Å². The fourth-order valence-electron chi connectivity index (χ4n) is 1.79. The lowest BCUT2D eigenvalue weighted by atomic mass is 10.2. The highest BCUT2D eigenvalue weighted by Crippen LogP contribution is 2.24. The average molecular weight is 370 g/mol. The summed E-state index contributed by atoms with van der Waals surface area (Å²) in [5.74, 6) is 0. The molecule has 0 aliphatic carbocycles. The van der Waals surface area contributed by atoms with Gasteiger partial charge in [0.2, 0.25) is 0 Å². The SMILES string of the molecule is Cc1cc(Br)ccc1NC(=S)Nc1cccc(Cl)c1C. The minimum absolute atomic E-state index is 0.542. The van der Waals surface area contributed by atoms with Crippen molar-refractivity contribution >= 4 is 56.2 Å². The van der Waals surface area contributed by atoms with E-state index in [2.05, 4.69) is 26.6 Å². The van der Waals surface area contributed by atoms with Crippen molar-refractivity contribution in [1.82, 2.24) is 0 Å². The first-order chi connectivity index (χ1) is 9.47. The van der Waals surface area contributed by atoms with Gasteiger partial charge in [-0.1, -0.05) is 33.6 Å². The van der Waals surface area contributed by atoms with Gasteiger partial charge in [0.1, 0.15) is 0 Å². The summed E-state index contributed by atoms with van der Waals surface area (Å²) in [6.45, 7) is 3.98. The van der Waals surface area contributed by atoms with Gasteiger partial charge in [0.15, 0.2) is 5.11 Å². The van der Waals surface area contributed by atoms with E-state index in [-0.39, 0.29) is 0 Å². The smallest absolute Gasteiger partial charge is 0.175 e. The van der Waals surface area contributed by atoms with E-state index in [4.69, 9.17) is 23.8 Å². The predicted molar refractivity (Wildman–Crippen MR) is 94.9 cm³/mol. The number of nitrogens with one attached hydrogen (secondary N) is 2. The van der Waals surface area contributed by atoms with Gasteiger partial charge in [-0.15, -0.1) is 0 Å². The molecule has 2 aromatic carbocycles. The van der Waals surface area contributed by atoms with Gasteiger partial charge in [0.25, 0.3) is 0 Å². The molecule has 0 bridgehead atoms. The highest BCUT2D eigenvalue weighted by molar-refractivity contribution is 9.10. The zero-order chi connectivity index (χ0) is 14.7. The van der Waals surface area contributed by atoms with Crippen LogP contribution in [-0.4, -0.2) is 5.11 Å². The fraction of sp³-hybridized carbons (Fsp3) is 0.133. The summed E-state index contributed by atoms with van der Waals surface area (Å²) in [5.41, 5.74) is 3.98. The average Bonchev–Trinajstić information content (AvgIpc) is 2.38. The van der Waals surface area contributed by atoms with Crippen molar-refractivity contribution in [2.24, 2.45) is 0 Å². The molecular formula is C15H14BrClN2S. The highest BCUT2D eigenvalue weighted by Gasteiger charge is 2.05. The number of hydrogen-bond acceptors (Lipinski definition) is 1. The lowest BCUT2D eigenvalue weighted by Crippen LogP contribution is -2.20. The third-order valence-electron chi connectivity index (χ3n) is 2.95. The second kappa shape index (κ2) is 6.57. The second-order valence-corrected chi connectivity index (χ2v) is 6.18. The van der Waals surface area contributed by atoms with Crippen LogP contribution >= 0.6 is 39.7 Å². The quantitative estimate of drug-likeness (QED) is 0.681. The molecule has 0 saturated carbocycles. The van der Waals surface area contributed by atoms with Gasteiger partial charge < -0.3 is 10.6 Å². The molecule has 2 aromatic rings. The van der Waals surface area contributed by atoms with E-state index in [1.54, 1.807) is 0 Å². The van der Waals surface area contributed by atoms with Gasteiger partial charge in [-0.3, -0.25) is 0 Å². The van der Waals surface area contributed by atoms with E-state index in [1.165, 1.54) is 0 Å². The van der Waals surface area contributed by atoms with Gasteiger partial charge in [-0.05, 0) is 67.5 Å². The van der Waals surface area contributed by atoms with Crippen LogP contribution in [0, 0.1) is 13.8 Å². The molecule has 2 nitrogen and oxygen atoms in total. The Hall–Kier alpha value is -1.10. The van der Waals surface area contributed by atoms with Crippen LogP contribution in [0.4, 0.5) is 11.4 Å². The van der Waals surface area contributed by atoms with Gasteiger partial charge >= 0.3 is 0 Å². The van der Waals surface area contributed by atoms with Crippen LogP contribution in [0.3, 0.4) is 0 Å². The summed E-state index contributed by atoms with van der Waals surface area (Å²) in [6, 6.07) is 11.7. The molecule has 104 valence electrons. The molecular weight excluding hydrogens is 356 g/mol. The molecule has 2 rings (SSSR count). The molecule has 0 saturated heterocycles. The van der Waals surface area contributed by atoms with E-state index in [1.807, 2.05) is 50.2 Å². The van der Waals surface area contributed by atoms with E-state index in [0.717, 1.165) is 32.0 Å². The maximum atomic E-state index is 6.09. The summed E-state index contributed by atoms with van der Waals surface area (Å²) in [5, 5.41) is 7.62. The molecule has 0 unspecified atom stereocenters. The summed E-state index contributed by atoms with van der Waals surface area (Å²) in [7, 11) is 0. The van der Waals surface area contributed by atoms with Crippen LogP contribution in [0.5, 0.6) is 0 Å². The number of rotatable bonds is 2. The van der Waals surface area contributed by atoms with Crippen molar-refractivity contribution in [1.29, 1.82) is 0 Å². The van der Waals surface area contributed by atoms with E-state index in [0.29, 0.717) is 5.11 Å². The lowest BCUT2D eigenvalue weighted by molar-refractivity contribution is 1.42. The van der Waals surface area contributed by atoms with Crippen molar-refractivity contribution < 1.29 is 0 Å². The van der Waals surface area contributed by atoms with Crippen LogP contribution in [0.1, 0.15) is 11.1 Å². The third-order valence-corrected chi connectivity index (χ3v) is 4.06. The topological polar surface area (TPSA) is 24.1 Å². The minimum Gasteiger partial charge on any atom is -0.332 e. The fourth-order valence-corrected chi connectivity index (χ4v) is 2.66. The molecule has 0 radical (unpaired) electrons. The number of anilines is 2. The first-order valence-electron chi connectivity index (χ1n) is 6.06. The van der Waals surface area contributed by atoms with Crippen LogP contribution in [0.15, 0.2) is 40.9 Å².